The van der Waals surface area contributed by atoms with E-state index in [0.717, 1.165) is 30.9 Å². The fourth-order valence-corrected chi connectivity index (χ4v) is 8.59. The van der Waals surface area contributed by atoms with Gasteiger partial charge in [0.15, 0.2) is 0 Å². The largest absolute Gasteiger partial charge is 0.508 e. The number of aliphatic hydroxyl groups is 1. The Balaban J connectivity index is 1.43. The molecule has 0 spiro atoms. The molecule has 0 unspecified atom stereocenters. The zero-order valence-corrected chi connectivity index (χ0v) is 20.4. The Morgan fingerprint density at radius 3 is 2.53 bits per heavy atom. The minimum absolute atomic E-state index is 0.0826. The summed E-state index contributed by atoms with van der Waals surface area (Å²) in [4.78, 5) is -0.626. The number of primary sulfonamides is 1. The highest BCUT2D eigenvalue weighted by molar-refractivity contribution is 7.89. The normalized spacial score (nSPS) is 33.1. The molecule has 34 heavy (non-hydrogen) atoms. The van der Waals surface area contributed by atoms with Crippen LogP contribution in [0.2, 0.25) is 0 Å². The number of hydrogen-bond donors (Lipinski definition) is 3. The predicted molar refractivity (Wildman–Crippen MR) is 124 cm³/mol. The number of fused-ring (bicyclic) bond motifs is 5. The monoisotopic (exact) mass is 507 g/mol. The number of rotatable bonds is 4. The Morgan fingerprint density at radius 2 is 1.79 bits per heavy atom. The number of phenols is 1. The lowest BCUT2D eigenvalue weighted by atomic mass is 9.55. The fraction of sp³-hybridized carbons (Fsp3) is 0.500. The van der Waals surface area contributed by atoms with Crippen molar-refractivity contribution < 1.29 is 31.2 Å². The van der Waals surface area contributed by atoms with Gasteiger partial charge in [-0.3, -0.25) is 4.18 Å². The molecule has 6 atom stereocenters. The molecule has 184 valence electrons. The van der Waals surface area contributed by atoms with Crippen LogP contribution >= 0.6 is 0 Å². The van der Waals surface area contributed by atoms with Gasteiger partial charge in [0.1, 0.15) is 11.9 Å². The minimum atomic E-state index is -4.34. The summed E-state index contributed by atoms with van der Waals surface area (Å²) >= 11 is 0. The Bertz CT molecular complexity index is 1340. The summed E-state index contributed by atoms with van der Waals surface area (Å²) in [5.41, 5.74) is 1.86. The molecule has 8 nitrogen and oxygen atoms in total. The minimum Gasteiger partial charge on any atom is -0.508 e. The quantitative estimate of drug-likeness (QED) is 0.540. The topological polar surface area (TPSA) is 144 Å². The van der Waals surface area contributed by atoms with Crippen molar-refractivity contribution >= 4 is 20.1 Å². The molecule has 10 heteroatoms. The third-order valence-corrected chi connectivity index (χ3v) is 10.5. The third-order valence-electron chi connectivity index (χ3n) is 8.30. The van der Waals surface area contributed by atoms with Crippen molar-refractivity contribution in [1.29, 1.82) is 0 Å². The van der Waals surface area contributed by atoms with E-state index in [1.54, 1.807) is 6.07 Å². The van der Waals surface area contributed by atoms with Crippen LogP contribution in [0.4, 0.5) is 0 Å². The Kier molecular flexibility index (Phi) is 5.61. The fourth-order valence-electron chi connectivity index (χ4n) is 6.71. The lowest BCUT2D eigenvalue weighted by Crippen LogP contribution is -2.46. The molecule has 0 amide bonds. The van der Waals surface area contributed by atoms with Crippen molar-refractivity contribution in [1.82, 2.24) is 0 Å². The summed E-state index contributed by atoms with van der Waals surface area (Å²) in [7, 11) is -8.42. The average Bonchev–Trinajstić information content (AvgIpc) is 3.02. The molecular formula is C24H29NO7S2. The molecule has 0 aromatic heterocycles. The molecular weight excluding hydrogens is 478 g/mol. The Hall–Kier alpha value is -1.98. The van der Waals surface area contributed by atoms with Gasteiger partial charge >= 0.3 is 0 Å². The highest BCUT2D eigenvalue weighted by atomic mass is 32.2. The summed E-state index contributed by atoms with van der Waals surface area (Å²) in [5, 5.41) is 26.0. The molecule has 2 saturated carbocycles. The number of benzene rings is 2. The summed E-state index contributed by atoms with van der Waals surface area (Å²) in [6.07, 6.45) is 1.83. The second kappa shape index (κ2) is 8.03. The van der Waals surface area contributed by atoms with Gasteiger partial charge in [-0.05, 0) is 91.3 Å². The van der Waals surface area contributed by atoms with Gasteiger partial charge in [-0.15, -0.1) is 0 Å². The second-order valence-corrected chi connectivity index (χ2v) is 13.3. The van der Waals surface area contributed by atoms with Crippen molar-refractivity contribution in [2.45, 2.75) is 66.9 Å². The molecule has 2 fully saturated rings. The van der Waals surface area contributed by atoms with Crippen LogP contribution in [-0.2, 0) is 30.7 Å². The number of aliphatic hydroxyl groups excluding tert-OH is 1. The molecule has 0 saturated heterocycles. The Labute approximate surface area is 199 Å². The molecule has 0 bridgehead atoms. The van der Waals surface area contributed by atoms with E-state index in [9.17, 15) is 27.0 Å². The number of sulfonamides is 1. The molecule has 0 aliphatic heterocycles. The summed E-state index contributed by atoms with van der Waals surface area (Å²) in [6.45, 7) is 2.00. The summed E-state index contributed by atoms with van der Waals surface area (Å²) in [5.74, 6) is 0.933. The van der Waals surface area contributed by atoms with E-state index in [2.05, 4.69) is 0 Å². The number of nitrogens with two attached hydrogens (primary N) is 1. The van der Waals surface area contributed by atoms with Gasteiger partial charge in [-0.25, -0.2) is 13.6 Å². The molecule has 4 N–H and O–H groups in total. The zero-order valence-electron chi connectivity index (χ0n) is 18.8. The standard InChI is InChI=1S/C24H29NO7S2/c1-24-10-9-19-18-8-6-15(26)11-14(18)5-7-20(19)21(24)13-22(27)23(24)32-34(30,31)17-4-2-3-16(12-17)33(25,28)29/h2-4,6,8,11-12,19-23,26-27H,5,7,9-10,13H2,1H3,(H2,25,28,29)/t19-,20-,21+,22-,23+,24+/m1/s1. The van der Waals surface area contributed by atoms with Crippen molar-refractivity contribution in [3.05, 3.63) is 53.6 Å². The summed E-state index contributed by atoms with van der Waals surface area (Å²) < 4.78 is 55.2. The van der Waals surface area contributed by atoms with Gasteiger partial charge in [-0.1, -0.05) is 19.1 Å². The first-order valence-corrected chi connectivity index (χ1v) is 14.4. The molecule has 3 aliphatic carbocycles. The zero-order chi connectivity index (χ0) is 24.5. The van der Waals surface area contributed by atoms with Crippen LogP contribution in [0, 0.1) is 17.3 Å². The molecule has 5 rings (SSSR count). The van der Waals surface area contributed by atoms with Gasteiger partial charge in [0.25, 0.3) is 10.1 Å². The van der Waals surface area contributed by atoms with Crippen LogP contribution in [0.15, 0.2) is 52.3 Å². The first-order valence-electron chi connectivity index (χ1n) is 11.5. The highest BCUT2D eigenvalue weighted by Crippen LogP contribution is 2.62. The molecule has 0 heterocycles. The van der Waals surface area contributed by atoms with Crippen LogP contribution in [0.5, 0.6) is 5.75 Å². The maximum Gasteiger partial charge on any atom is 0.297 e. The average molecular weight is 508 g/mol. The van der Waals surface area contributed by atoms with E-state index in [4.69, 9.17) is 9.32 Å². The van der Waals surface area contributed by atoms with Crippen molar-refractivity contribution in [2.24, 2.45) is 22.4 Å². The van der Waals surface area contributed by atoms with E-state index in [0.29, 0.717) is 18.8 Å². The Morgan fingerprint density at radius 1 is 1.06 bits per heavy atom. The third kappa shape index (κ3) is 3.85. The van der Waals surface area contributed by atoms with Gasteiger partial charge in [0.05, 0.1) is 15.9 Å². The van der Waals surface area contributed by atoms with E-state index < -0.39 is 37.8 Å². The van der Waals surface area contributed by atoms with Crippen molar-refractivity contribution in [2.75, 3.05) is 0 Å². The van der Waals surface area contributed by atoms with Crippen LogP contribution in [0.25, 0.3) is 0 Å². The maximum atomic E-state index is 13.1. The molecule has 3 aliphatic rings. The maximum absolute atomic E-state index is 13.1. The first kappa shape index (κ1) is 23.7. The second-order valence-electron chi connectivity index (χ2n) is 10.1. The molecule has 0 radical (unpaired) electrons. The number of aromatic hydroxyl groups is 1. The molecule has 2 aromatic rings. The van der Waals surface area contributed by atoms with E-state index in [1.807, 2.05) is 19.1 Å². The van der Waals surface area contributed by atoms with Crippen LogP contribution in [0.1, 0.15) is 49.7 Å². The van der Waals surface area contributed by atoms with Gasteiger partial charge in [-0.2, -0.15) is 8.42 Å². The SMILES string of the molecule is C[C@]12CC[C@@H]3c4ccc(O)cc4CC[C@H]3[C@@H]1C[C@@H](O)[C@@H]2OS(=O)(=O)c1cccc(S(N)(=O)=O)c1. The summed E-state index contributed by atoms with van der Waals surface area (Å²) in [6, 6.07) is 10.3. The van der Waals surface area contributed by atoms with Crippen molar-refractivity contribution in [3.63, 3.8) is 0 Å². The molecule has 2 aromatic carbocycles. The number of hydrogen-bond acceptors (Lipinski definition) is 7. The number of aryl methyl sites for hydroxylation is 1. The van der Waals surface area contributed by atoms with E-state index >= 15 is 0 Å². The first-order chi connectivity index (χ1) is 15.9. The van der Waals surface area contributed by atoms with Gasteiger partial charge < -0.3 is 10.2 Å². The van der Waals surface area contributed by atoms with E-state index in [1.165, 1.54) is 23.8 Å². The van der Waals surface area contributed by atoms with Crippen LogP contribution in [0.3, 0.4) is 0 Å². The predicted octanol–water partition coefficient (Wildman–Crippen LogP) is 2.64. The van der Waals surface area contributed by atoms with Gasteiger partial charge in [0, 0.05) is 5.41 Å². The lowest BCUT2D eigenvalue weighted by Gasteiger charge is -2.50. The highest BCUT2D eigenvalue weighted by Gasteiger charge is 2.59. The van der Waals surface area contributed by atoms with Crippen LogP contribution in [-0.4, -0.2) is 39.3 Å². The van der Waals surface area contributed by atoms with Crippen molar-refractivity contribution in [3.8, 4) is 5.75 Å². The number of phenolic OH excluding ortho intramolecular Hbond substituents is 1. The lowest BCUT2D eigenvalue weighted by molar-refractivity contribution is -0.0324. The smallest absolute Gasteiger partial charge is 0.297 e. The van der Waals surface area contributed by atoms with Gasteiger partial charge in [0.2, 0.25) is 10.0 Å². The van der Waals surface area contributed by atoms with Crippen LogP contribution < -0.4 is 5.14 Å². The van der Waals surface area contributed by atoms with E-state index in [-0.39, 0.29) is 27.4 Å².